The summed E-state index contributed by atoms with van der Waals surface area (Å²) in [5, 5.41) is 0. The molecule has 1 heterocycles. The lowest BCUT2D eigenvalue weighted by molar-refractivity contribution is -0.136. The van der Waals surface area contributed by atoms with Gasteiger partial charge in [0.2, 0.25) is 0 Å². The van der Waals surface area contributed by atoms with Crippen LogP contribution in [0.5, 0.6) is 0 Å². The molecule has 0 fully saturated rings. The molecule has 1 unspecified atom stereocenters. The van der Waals surface area contributed by atoms with Gasteiger partial charge in [-0.15, -0.1) is 0 Å². The van der Waals surface area contributed by atoms with Gasteiger partial charge in [-0.05, 0) is 24.8 Å². The number of carbonyl (C=O) groups is 1. The number of hydrogen-bond donors (Lipinski definition) is 0. The van der Waals surface area contributed by atoms with Crippen molar-refractivity contribution in [1.82, 2.24) is 0 Å². The Morgan fingerprint density at radius 1 is 1.43 bits per heavy atom. The zero-order valence-corrected chi connectivity index (χ0v) is 13.8. The van der Waals surface area contributed by atoms with E-state index in [1.165, 1.54) is 12.7 Å². The summed E-state index contributed by atoms with van der Waals surface area (Å²) in [7, 11) is 1.40. The van der Waals surface area contributed by atoms with Crippen LogP contribution >= 0.6 is 0 Å². The summed E-state index contributed by atoms with van der Waals surface area (Å²) in [5.74, 6) is 0.617. The zero-order valence-electron chi connectivity index (χ0n) is 13.8. The smallest absolute Gasteiger partial charge is 0.337 e. The molecule has 0 saturated carbocycles. The molecule has 1 atom stereocenters. The number of ether oxygens (including phenoxy) is 2. The van der Waals surface area contributed by atoms with Gasteiger partial charge in [0.05, 0.1) is 12.7 Å². The fraction of sp³-hybridized carbons (Fsp3) is 0.611. The number of carbonyl (C=O) groups excluding carboxylic acids is 1. The van der Waals surface area contributed by atoms with E-state index in [0.29, 0.717) is 12.0 Å². The zero-order chi connectivity index (χ0) is 16.0. The van der Waals surface area contributed by atoms with Gasteiger partial charge in [-0.25, -0.2) is 4.79 Å². The van der Waals surface area contributed by atoms with Gasteiger partial charge in [0.15, 0.2) is 0 Å². The number of rotatable bonds is 8. The van der Waals surface area contributed by atoms with Crippen LogP contribution in [0.3, 0.4) is 0 Å². The van der Waals surface area contributed by atoms with Crippen molar-refractivity contribution in [1.29, 1.82) is 0 Å². The van der Waals surface area contributed by atoms with Gasteiger partial charge in [0.25, 0.3) is 0 Å². The third-order valence-electron chi connectivity index (χ3n) is 3.73. The fourth-order valence-electron chi connectivity index (χ4n) is 2.52. The Morgan fingerprint density at radius 2 is 2.10 bits per heavy atom. The van der Waals surface area contributed by atoms with Gasteiger partial charge in [-0.2, -0.15) is 0 Å². The van der Waals surface area contributed by atoms with Crippen molar-refractivity contribution >= 4 is 5.97 Å². The molecule has 0 amide bonds. The maximum absolute atomic E-state index is 11.9. The van der Waals surface area contributed by atoms with E-state index < -0.39 is 0 Å². The van der Waals surface area contributed by atoms with Gasteiger partial charge >= 0.3 is 5.97 Å². The van der Waals surface area contributed by atoms with E-state index in [1.54, 1.807) is 0 Å². The van der Waals surface area contributed by atoms with Crippen LogP contribution < -0.4 is 0 Å². The Labute approximate surface area is 128 Å². The van der Waals surface area contributed by atoms with Crippen molar-refractivity contribution in [3.8, 4) is 0 Å². The van der Waals surface area contributed by atoms with Crippen LogP contribution in [0.4, 0.5) is 0 Å². The van der Waals surface area contributed by atoms with Gasteiger partial charge in [-0.1, -0.05) is 45.9 Å². The summed E-state index contributed by atoms with van der Waals surface area (Å²) < 4.78 is 10.8. The first-order chi connectivity index (χ1) is 9.90. The quantitative estimate of drug-likeness (QED) is 0.486. The molecule has 118 valence electrons. The average molecular weight is 292 g/mol. The van der Waals surface area contributed by atoms with E-state index in [0.717, 1.165) is 37.0 Å². The number of esters is 1. The molecule has 3 nitrogen and oxygen atoms in total. The molecule has 0 bridgehead atoms. The second-order valence-corrected chi connectivity index (χ2v) is 5.99. The first-order valence-electron chi connectivity index (χ1n) is 7.73. The van der Waals surface area contributed by atoms with Crippen LogP contribution in [0.15, 0.2) is 35.6 Å². The Morgan fingerprint density at radius 3 is 2.62 bits per heavy atom. The molecular weight excluding hydrogens is 264 g/mol. The molecule has 21 heavy (non-hydrogen) atoms. The van der Waals surface area contributed by atoms with E-state index >= 15 is 0 Å². The largest absolute Gasteiger partial charge is 0.489 e. The molecule has 1 aliphatic rings. The number of unbranched alkanes of at least 4 members (excludes halogenated alkanes) is 1. The monoisotopic (exact) mass is 292 g/mol. The van der Waals surface area contributed by atoms with Crippen molar-refractivity contribution in [3.63, 3.8) is 0 Å². The van der Waals surface area contributed by atoms with Crippen LogP contribution in [0.25, 0.3) is 0 Å². The molecule has 1 aliphatic heterocycles. The van der Waals surface area contributed by atoms with Crippen molar-refractivity contribution in [2.45, 2.75) is 59.0 Å². The molecular formula is C18H28O3. The summed E-state index contributed by atoms with van der Waals surface area (Å²) in [6.07, 6.45) is 4.54. The molecule has 0 saturated heterocycles. The Balaban J connectivity index is 2.67. The van der Waals surface area contributed by atoms with Gasteiger partial charge in [0, 0.05) is 12.3 Å². The summed E-state index contributed by atoms with van der Waals surface area (Å²) in [4.78, 5) is 11.9. The van der Waals surface area contributed by atoms with E-state index in [-0.39, 0.29) is 18.0 Å². The molecule has 3 heteroatoms. The van der Waals surface area contributed by atoms with Crippen LogP contribution in [0.1, 0.15) is 52.9 Å². The highest BCUT2D eigenvalue weighted by atomic mass is 16.5. The lowest BCUT2D eigenvalue weighted by Crippen LogP contribution is -2.12. The number of allylic oxidation sites excluding steroid dienone is 2. The SMILES string of the molecule is C=C(CCCC)CC(=C)C1CC(C(=O)OC)=C(C(C)C)O1. The molecule has 0 N–H and O–H groups in total. The Hall–Kier alpha value is -1.51. The number of methoxy groups -OCH3 is 1. The molecule has 0 aromatic carbocycles. The maximum atomic E-state index is 11.9. The third-order valence-corrected chi connectivity index (χ3v) is 3.73. The lowest BCUT2D eigenvalue weighted by Gasteiger charge is -2.18. The third kappa shape index (κ3) is 4.76. The first kappa shape index (κ1) is 17.5. The summed E-state index contributed by atoms with van der Waals surface area (Å²) in [5.41, 5.74) is 2.83. The van der Waals surface area contributed by atoms with Crippen molar-refractivity contribution in [2.24, 2.45) is 5.92 Å². The maximum Gasteiger partial charge on any atom is 0.337 e. The predicted octanol–water partition coefficient (Wildman–Crippen LogP) is 4.55. The van der Waals surface area contributed by atoms with Gasteiger partial charge < -0.3 is 9.47 Å². The van der Waals surface area contributed by atoms with E-state index in [4.69, 9.17) is 9.47 Å². The fourth-order valence-corrected chi connectivity index (χ4v) is 2.52. The highest BCUT2D eigenvalue weighted by Crippen LogP contribution is 2.35. The molecule has 0 spiro atoms. The van der Waals surface area contributed by atoms with Crippen molar-refractivity contribution in [2.75, 3.05) is 7.11 Å². The minimum Gasteiger partial charge on any atom is -0.489 e. The van der Waals surface area contributed by atoms with Gasteiger partial charge in [0.1, 0.15) is 11.9 Å². The van der Waals surface area contributed by atoms with E-state index in [1.807, 2.05) is 13.8 Å². The minimum atomic E-state index is -0.293. The normalized spacial score (nSPS) is 17.9. The molecule has 0 aromatic heterocycles. The Kier molecular flexibility index (Phi) is 6.73. The molecule has 0 aromatic rings. The average Bonchev–Trinajstić information content (AvgIpc) is 2.89. The topological polar surface area (TPSA) is 35.5 Å². The standard InChI is InChI=1S/C18H28O3/c1-7-8-9-13(4)10-14(5)16-11-15(18(19)20-6)17(21-16)12(2)3/h12,16H,4-5,7-11H2,1-3,6H3. The van der Waals surface area contributed by atoms with Crippen LogP contribution in [0, 0.1) is 5.92 Å². The first-order valence-corrected chi connectivity index (χ1v) is 7.73. The minimum absolute atomic E-state index is 0.130. The van der Waals surface area contributed by atoms with E-state index in [9.17, 15) is 4.79 Å². The summed E-state index contributed by atoms with van der Waals surface area (Å²) in [6.45, 7) is 14.4. The summed E-state index contributed by atoms with van der Waals surface area (Å²) in [6, 6.07) is 0. The van der Waals surface area contributed by atoms with Crippen LogP contribution in [0.2, 0.25) is 0 Å². The second-order valence-electron chi connectivity index (χ2n) is 5.99. The molecule has 0 radical (unpaired) electrons. The number of hydrogen-bond acceptors (Lipinski definition) is 3. The highest BCUT2D eigenvalue weighted by molar-refractivity contribution is 5.89. The molecule has 1 rings (SSSR count). The van der Waals surface area contributed by atoms with E-state index in [2.05, 4.69) is 20.1 Å². The lowest BCUT2D eigenvalue weighted by atomic mass is 9.96. The molecule has 0 aliphatic carbocycles. The Bertz CT molecular complexity index is 443. The van der Waals surface area contributed by atoms with Crippen molar-refractivity contribution < 1.29 is 14.3 Å². The predicted molar refractivity (Wildman–Crippen MR) is 85.8 cm³/mol. The van der Waals surface area contributed by atoms with Crippen LogP contribution in [-0.2, 0) is 14.3 Å². The second kappa shape index (κ2) is 8.06. The van der Waals surface area contributed by atoms with Gasteiger partial charge in [-0.3, -0.25) is 0 Å². The highest BCUT2D eigenvalue weighted by Gasteiger charge is 2.33. The van der Waals surface area contributed by atoms with Crippen molar-refractivity contribution in [3.05, 3.63) is 35.6 Å². The van der Waals surface area contributed by atoms with Crippen LogP contribution in [-0.4, -0.2) is 19.2 Å². The summed E-state index contributed by atoms with van der Waals surface area (Å²) >= 11 is 0.